The number of benzene rings is 3. The number of fused-ring (bicyclic) bond motifs is 1. The zero-order chi connectivity index (χ0) is 44.5. The van der Waals surface area contributed by atoms with Crippen LogP contribution in [0.4, 0.5) is 17.2 Å². The second-order valence-corrected chi connectivity index (χ2v) is 17.6. The molecule has 16 nitrogen and oxygen atoms in total. The van der Waals surface area contributed by atoms with E-state index in [0.717, 1.165) is 75.5 Å². The Morgan fingerprint density at radius 1 is 0.828 bits per heavy atom. The van der Waals surface area contributed by atoms with Gasteiger partial charge in [0.15, 0.2) is 5.82 Å². The van der Waals surface area contributed by atoms with Crippen molar-refractivity contribution in [2.75, 3.05) is 61.3 Å². The number of piperazine rings is 1. The lowest BCUT2D eigenvalue weighted by Crippen LogP contribution is -2.54. The summed E-state index contributed by atoms with van der Waals surface area (Å²) in [6.45, 7) is 8.28. The van der Waals surface area contributed by atoms with Gasteiger partial charge in [-0.15, -0.1) is 10.2 Å². The average Bonchev–Trinajstić information content (AvgIpc) is 3.54. The lowest BCUT2D eigenvalue weighted by molar-refractivity contribution is -0.139. The van der Waals surface area contributed by atoms with E-state index in [4.69, 9.17) is 10.5 Å². The highest BCUT2D eigenvalue weighted by Gasteiger charge is 2.45. The molecular formula is C48H55N9O7. The first-order valence-electron chi connectivity index (χ1n) is 22.6. The average molecular weight is 870 g/mol. The van der Waals surface area contributed by atoms with Gasteiger partial charge in [0.05, 0.1) is 22.5 Å². The van der Waals surface area contributed by atoms with E-state index in [0.29, 0.717) is 48.8 Å². The maximum atomic E-state index is 13.7. The first-order valence-corrected chi connectivity index (χ1v) is 22.6. The number of rotatable bonds is 11. The lowest BCUT2D eigenvalue weighted by atomic mass is 9.93. The smallest absolute Gasteiger partial charge is 0.262 e. The highest BCUT2D eigenvalue weighted by Crippen LogP contribution is 2.35. The second kappa shape index (κ2) is 18.3. The number of nitrogens with two attached hydrogens (primary N) is 1. The van der Waals surface area contributed by atoms with Gasteiger partial charge in [0.2, 0.25) is 17.7 Å². The SMILES string of the molecule is CCCC1CN(c2cc(-c3ccccc3O)nnc2N)CCN1c1cccc(CN2CCC(C(=O)N3CCC(Oc4ccc5c(c4)C(=O)N(C4CCC(=O)NC4=O)C5=O)CC3)CC2)c1. The van der Waals surface area contributed by atoms with E-state index in [-0.39, 0.29) is 53.7 Å². The molecule has 16 heteroatoms. The summed E-state index contributed by atoms with van der Waals surface area (Å²) >= 11 is 0. The number of imide groups is 2. The lowest BCUT2D eigenvalue weighted by Gasteiger charge is -2.44. The Balaban J connectivity index is 0.749. The van der Waals surface area contributed by atoms with Crippen LogP contribution in [0.5, 0.6) is 11.5 Å². The molecule has 2 unspecified atom stereocenters. The van der Waals surface area contributed by atoms with Crippen molar-refractivity contribution in [2.45, 2.75) is 83.0 Å². The number of ether oxygens (including phenoxy) is 1. The first-order chi connectivity index (χ1) is 31.0. The van der Waals surface area contributed by atoms with Crippen LogP contribution in [0.25, 0.3) is 11.3 Å². The van der Waals surface area contributed by atoms with Gasteiger partial charge in [-0.1, -0.05) is 37.6 Å². The minimum Gasteiger partial charge on any atom is -0.507 e. The van der Waals surface area contributed by atoms with Crippen molar-refractivity contribution in [2.24, 2.45) is 5.92 Å². The fourth-order valence-electron chi connectivity index (χ4n) is 10.1. The number of hydrogen-bond donors (Lipinski definition) is 3. The zero-order valence-electron chi connectivity index (χ0n) is 36.2. The van der Waals surface area contributed by atoms with E-state index in [1.54, 1.807) is 30.3 Å². The number of nitrogens with one attached hydrogen (secondary N) is 1. The summed E-state index contributed by atoms with van der Waals surface area (Å²) in [4.78, 5) is 74.3. The number of amides is 5. The number of carbonyl (C=O) groups excluding carboxylic acids is 5. The quantitative estimate of drug-likeness (QED) is 0.177. The molecular weight excluding hydrogens is 815 g/mol. The van der Waals surface area contributed by atoms with Gasteiger partial charge in [-0.2, -0.15) is 0 Å². The molecule has 1 aromatic heterocycles. The number of carbonyl (C=O) groups is 5. The van der Waals surface area contributed by atoms with Crippen LogP contribution >= 0.6 is 0 Å². The van der Waals surface area contributed by atoms with E-state index in [9.17, 15) is 29.1 Å². The summed E-state index contributed by atoms with van der Waals surface area (Å²) in [7, 11) is 0. The number of piperidine rings is 3. The fourth-order valence-corrected chi connectivity index (χ4v) is 10.1. The Morgan fingerprint density at radius 3 is 2.38 bits per heavy atom. The van der Waals surface area contributed by atoms with Gasteiger partial charge in [-0.3, -0.25) is 39.1 Å². The summed E-state index contributed by atoms with van der Waals surface area (Å²) in [5, 5.41) is 21.2. The zero-order valence-corrected chi connectivity index (χ0v) is 36.2. The van der Waals surface area contributed by atoms with Crippen molar-refractivity contribution < 1.29 is 33.8 Å². The van der Waals surface area contributed by atoms with Crippen molar-refractivity contribution in [3.8, 4) is 22.8 Å². The molecule has 0 bridgehead atoms. The standard InChI is InChI=1S/C48H55N9O7/c1-2-6-33-29-55(41-27-39(51-52-44(41)49)37-9-3-4-10-42(37)58)23-24-56(33)32-8-5-7-30(25-32)28-53-19-15-31(16-20-53)46(61)54-21-17-34(18-22-54)64-35-11-12-36-38(26-35)48(63)57(47(36)62)40-13-14-43(59)50-45(40)60/h3-5,7-12,25-27,31,33-34,40,58H,2,6,13-24,28-29H2,1H3,(H2,49,52)(H,50,59,60). The number of aromatic hydroxyl groups is 1. The van der Waals surface area contributed by atoms with Crippen LogP contribution in [-0.2, 0) is 20.9 Å². The molecule has 5 aliphatic rings. The number of anilines is 3. The number of para-hydroxylation sites is 1. The van der Waals surface area contributed by atoms with Gasteiger partial charge in [-0.05, 0) is 92.9 Å². The third-order valence-corrected chi connectivity index (χ3v) is 13.5. The molecule has 5 aliphatic heterocycles. The van der Waals surface area contributed by atoms with Gasteiger partial charge < -0.3 is 30.3 Å². The van der Waals surface area contributed by atoms with Crippen molar-refractivity contribution in [3.05, 3.63) is 89.5 Å². The number of phenolic OH excluding ortho intramolecular Hbond substituents is 1. The molecule has 0 saturated carbocycles. The minimum absolute atomic E-state index is 0.0159. The predicted octanol–water partition coefficient (Wildman–Crippen LogP) is 4.61. The number of phenols is 1. The third-order valence-electron chi connectivity index (χ3n) is 13.5. The fraction of sp³-hybridized carbons (Fsp3) is 0.438. The van der Waals surface area contributed by atoms with Crippen molar-refractivity contribution in [1.29, 1.82) is 0 Å². The summed E-state index contributed by atoms with van der Waals surface area (Å²) < 4.78 is 6.27. The maximum absolute atomic E-state index is 13.7. The Kier molecular flexibility index (Phi) is 12.2. The molecule has 334 valence electrons. The number of nitrogen functional groups attached to an aromatic ring is 1. The summed E-state index contributed by atoms with van der Waals surface area (Å²) in [6, 6.07) is 21.9. The van der Waals surface area contributed by atoms with Crippen LogP contribution < -0.4 is 25.6 Å². The number of nitrogens with zero attached hydrogens (tertiary/aromatic N) is 7. The highest BCUT2D eigenvalue weighted by atomic mass is 16.5. The first kappa shape index (κ1) is 42.7. The normalized spacial score (nSPS) is 21.3. The summed E-state index contributed by atoms with van der Waals surface area (Å²) in [6.07, 6.45) is 4.99. The molecule has 0 spiro atoms. The van der Waals surface area contributed by atoms with E-state index < -0.39 is 29.7 Å². The molecule has 3 aromatic carbocycles. The second-order valence-electron chi connectivity index (χ2n) is 17.6. The molecule has 4 aromatic rings. The Bertz CT molecular complexity index is 2450. The third kappa shape index (κ3) is 8.70. The van der Waals surface area contributed by atoms with E-state index in [1.165, 1.54) is 11.3 Å². The largest absolute Gasteiger partial charge is 0.507 e. The number of likely N-dealkylation sites (tertiary alicyclic amines) is 2. The molecule has 4 fully saturated rings. The van der Waals surface area contributed by atoms with E-state index >= 15 is 0 Å². The van der Waals surface area contributed by atoms with Crippen LogP contribution in [-0.4, -0.2) is 124 Å². The van der Waals surface area contributed by atoms with Crippen molar-refractivity contribution in [1.82, 2.24) is 30.2 Å². The van der Waals surface area contributed by atoms with E-state index in [1.807, 2.05) is 23.1 Å². The number of aromatic nitrogens is 2. The maximum Gasteiger partial charge on any atom is 0.262 e. The van der Waals surface area contributed by atoms with E-state index in [2.05, 4.69) is 61.4 Å². The molecule has 5 amide bonds. The molecule has 4 saturated heterocycles. The topological polar surface area (TPSA) is 195 Å². The molecule has 9 rings (SSSR count). The van der Waals surface area contributed by atoms with Crippen LogP contribution in [0.15, 0.2) is 72.8 Å². The Hall–Kier alpha value is -6.55. The molecule has 4 N–H and O–H groups in total. The van der Waals surface area contributed by atoms with Gasteiger partial charge >= 0.3 is 0 Å². The molecule has 0 radical (unpaired) electrons. The van der Waals surface area contributed by atoms with Crippen LogP contribution in [0.2, 0.25) is 0 Å². The summed E-state index contributed by atoms with van der Waals surface area (Å²) in [5.74, 6) is -1.00. The Labute approximate surface area is 372 Å². The monoisotopic (exact) mass is 869 g/mol. The molecule has 0 aliphatic carbocycles. The van der Waals surface area contributed by atoms with Gasteiger partial charge in [0.1, 0.15) is 23.6 Å². The van der Waals surface area contributed by atoms with Crippen LogP contribution in [0, 0.1) is 5.92 Å². The van der Waals surface area contributed by atoms with Gasteiger partial charge in [0.25, 0.3) is 11.8 Å². The molecule has 64 heavy (non-hydrogen) atoms. The predicted molar refractivity (Wildman–Crippen MR) is 240 cm³/mol. The summed E-state index contributed by atoms with van der Waals surface area (Å²) in [5.41, 5.74) is 11.3. The highest BCUT2D eigenvalue weighted by molar-refractivity contribution is 6.23. The van der Waals surface area contributed by atoms with Gasteiger partial charge in [0, 0.05) is 81.7 Å². The number of hydrogen-bond acceptors (Lipinski definition) is 13. The Morgan fingerprint density at radius 2 is 1.61 bits per heavy atom. The van der Waals surface area contributed by atoms with Crippen molar-refractivity contribution in [3.63, 3.8) is 0 Å². The molecule has 2 atom stereocenters. The molecule has 6 heterocycles. The van der Waals surface area contributed by atoms with Crippen LogP contribution in [0.1, 0.15) is 84.6 Å². The van der Waals surface area contributed by atoms with Gasteiger partial charge in [-0.25, -0.2) is 0 Å². The van der Waals surface area contributed by atoms with Crippen LogP contribution in [0.3, 0.4) is 0 Å². The minimum atomic E-state index is -1.02. The van der Waals surface area contributed by atoms with Crippen molar-refractivity contribution >= 4 is 46.7 Å².